The normalized spacial score (nSPS) is 11.6. The van der Waals surface area contributed by atoms with E-state index in [4.69, 9.17) is 9.47 Å². The number of aromatic amines is 1. The van der Waals surface area contributed by atoms with E-state index < -0.39 is 0 Å². The van der Waals surface area contributed by atoms with Gasteiger partial charge in [-0.1, -0.05) is 31.7 Å². The van der Waals surface area contributed by atoms with Gasteiger partial charge in [0.1, 0.15) is 29.5 Å². The molecule has 0 radical (unpaired) electrons. The summed E-state index contributed by atoms with van der Waals surface area (Å²) in [6.45, 7) is 7.90. The zero-order valence-electron chi connectivity index (χ0n) is 17.1. The van der Waals surface area contributed by atoms with Crippen molar-refractivity contribution in [3.8, 4) is 34.3 Å². The minimum absolute atomic E-state index is 0.0487. The van der Waals surface area contributed by atoms with Crippen LogP contribution in [0.2, 0.25) is 0 Å². The zero-order chi connectivity index (χ0) is 21.3. The van der Waals surface area contributed by atoms with Crippen molar-refractivity contribution >= 4 is 6.21 Å². The standard InChI is InChI=1S/C24H25N3O3/c1-4-17-7-9-19(10-8-17)30-23-15-26-27-24(23)21-12-11-20(13-22(21)28)29-16-18(5-2)14-25-6-3/h5-15,28H,3-4,16H2,1-2H3,(H,26,27)/b18-5+,25-14-. The lowest BCUT2D eigenvalue weighted by molar-refractivity contribution is 0.355. The second-order valence-corrected chi connectivity index (χ2v) is 6.49. The Balaban J connectivity index is 1.75. The lowest BCUT2D eigenvalue weighted by Crippen LogP contribution is -2.02. The van der Waals surface area contributed by atoms with Gasteiger partial charge >= 0.3 is 0 Å². The molecule has 30 heavy (non-hydrogen) atoms. The third-order valence-corrected chi connectivity index (χ3v) is 4.51. The maximum Gasteiger partial charge on any atom is 0.173 e. The second kappa shape index (κ2) is 10.1. The number of nitrogens with one attached hydrogen (secondary N) is 1. The van der Waals surface area contributed by atoms with Crippen LogP contribution in [-0.2, 0) is 6.42 Å². The molecule has 0 bridgehead atoms. The molecule has 0 saturated carbocycles. The number of allylic oxidation sites excluding steroid dienone is 1. The van der Waals surface area contributed by atoms with Crippen LogP contribution in [-0.4, -0.2) is 28.1 Å². The van der Waals surface area contributed by atoms with Gasteiger partial charge in [0.05, 0.1) is 6.20 Å². The fraction of sp³-hybridized carbons (Fsp3) is 0.167. The summed E-state index contributed by atoms with van der Waals surface area (Å²) in [4.78, 5) is 3.99. The molecule has 0 amide bonds. The van der Waals surface area contributed by atoms with Gasteiger partial charge in [0.15, 0.2) is 5.75 Å². The molecule has 0 atom stereocenters. The Morgan fingerprint density at radius 1 is 1.20 bits per heavy atom. The monoisotopic (exact) mass is 403 g/mol. The number of aliphatic imine (C=N–C) groups is 1. The highest BCUT2D eigenvalue weighted by Gasteiger charge is 2.15. The van der Waals surface area contributed by atoms with Crippen LogP contribution in [0.25, 0.3) is 11.3 Å². The smallest absolute Gasteiger partial charge is 0.173 e. The predicted octanol–water partition coefficient (Wildman–Crippen LogP) is 5.68. The van der Waals surface area contributed by atoms with E-state index in [1.807, 2.05) is 37.3 Å². The van der Waals surface area contributed by atoms with Gasteiger partial charge in [0.2, 0.25) is 0 Å². The van der Waals surface area contributed by atoms with Crippen LogP contribution in [0.3, 0.4) is 0 Å². The fourth-order valence-electron chi connectivity index (χ4n) is 2.78. The predicted molar refractivity (Wildman–Crippen MR) is 120 cm³/mol. The summed E-state index contributed by atoms with van der Waals surface area (Å²) in [5, 5.41) is 17.6. The molecule has 154 valence electrons. The number of hydrogen-bond donors (Lipinski definition) is 2. The molecule has 6 nitrogen and oxygen atoms in total. The van der Waals surface area contributed by atoms with Crippen molar-refractivity contribution in [3.05, 3.63) is 78.7 Å². The Hall–Kier alpha value is -3.80. The van der Waals surface area contributed by atoms with E-state index in [2.05, 4.69) is 28.7 Å². The molecule has 2 aromatic carbocycles. The maximum absolute atomic E-state index is 10.5. The van der Waals surface area contributed by atoms with Gasteiger partial charge in [-0.25, -0.2) is 0 Å². The van der Waals surface area contributed by atoms with Crippen molar-refractivity contribution in [2.45, 2.75) is 20.3 Å². The first kappa shape index (κ1) is 20.9. The summed E-state index contributed by atoms with van der Waals surface area (Å²) in [6.07, 6.45) is 7.68. The highest BCUT2D eigenvalue weighted by atomic mass is 16.5. The Labute approximate surface area is 176 Å². The SMILES string of the molecule is C=C/N=C\C(=C/C)COc1ccc(-c2n[nH]cc2Oc2ccc(CC)cc2)c(O)c1. The summed E-state index contributed by atoms with van der Waals surface area (Å²) >= 11 is 0. The van der Waals surface area contributed by atoms with Crippen molar-refractivity contribution in [1.29, 1.82) is 0 Å². The molecule has 1 heterocycles. The molecule has 3 rings (SSSR count). The molecule has 1 aromatic heterocycles. The van der Waals surface area contributed by atoms with Gasteiger partial charge in [-0.3, -0.25) is 10.1 Å². The topological polar surface area (TPSA) is 79.7 Å². The molecule has 0 aliphatic carbocycles. The summed E-state index contributed by atoms with van der Waals surface area (Å²) in [5.41, 5.74) is 3.20. The molecule has 0 aliphatic rings. The third-order valence-electron chi connectivity index (χ3n) is 4.51. The van der Waals surface area contributed by atoms with Gasteiger partial charge < -0.3 is 14.6 Å². The van der Waals surface area contributed by atoms with Gasteiger partial charge in [-0.2, -0.15) is 5.10 Å². The Morgan fingerprint density at radius 3 is 2.63 bits per heavy atom. The molecular formula is C24H25N3O3. The quantitative estimate of drug-likeness (QED) is 0.451. The number of aromatic nitrogens is 2. The van der Waals surface area contributed by atoms with Gasteiger partial charge in [0, 0.05) is 29.6 Å². The van der Waals surface area contributed by atoms with Crippen LogP contribution in [0.4, 0.5) is 0 Å². The minimum Gasteiger partial charge on any atom is -0.507 e. The first-order valence-corrected chi connectivity index (χ1v) is 9.70. The zero-order valence-corrected chi connectivity index (χ0v) is 17.1. The lowest BCUT2D eigenvalue weighted by Gasteiger charge is -2.10. The van der Waals surface area contributed by atoms with E-state index in [0.717, 1.165) is 12.0 Å². The van der Waals surface area contributed by atoms with Gasteiger partial charge in [-0.15, -0.1) is 0 Å². The van der Waals surface area contributed by atoms with E-state index >= 15 is 0 Å². The number of phenolic OH excluding ortho intramolecular Hbond substituents is 1. The van der Waals surface area contributed by atoms with Crippen molar-refractivity contribution in [2.75, 3.05) is 6.61 Å². The molecule has 0 saturated heterocycles. The summed E-state index contributed by atoms with van der Waals surface area (Å²) < 4.78 is 11.7. The fourth-order valence-corrected chi connectivity index (χ4v) is 2.78. The Kier molecular flexibility index (Phi) is 7.05. The largest absolute Gasteiger partial charge is 0.507 e. The minimum atomic E-state index is 0.0487. The Bertz CT molecular complexity index is 1050. The molecule has 0 fully saturated rings. The molecule has 2 N–H and O–H groups in total. The van der Waals surface area contributed by atoms with Crippen LogP contribution in [0, 0.1) is 0 Å². The highest BCUT2D eigenvalue weighted by Crippen LogP contribution is 2.38. The third kappa shape index (κ3) is 5.17. The molecule has 3 aromatic rings. The van der Waals surface area contributed by atoms with Crippen LogP contribution < -0.4 is 9.47 Å². The first-order chi connectivity index (χ1) is 14.6. The molecule has 6 heteroatoms. The van der Waals surface area contributed by atoms with E-state index in [1.54, 1.807) is 30.6 Å². The van der Waals surface area contributed by atoms with Gasteiger partial charge in [-0.05, 0) is 43.2 Å². The number of aromatic hydroxyl groups is 1. The van der Waals surface area contributed by atoms with Crippen molar-refractivity contribution in [3.63, 3.8) is 0 Å². The molecule has 0 aliphatic heterocycles. The Morgan fingerprint density at radius 2 is 1.97 bits per heavy atom. The van der Waals surface area contributed by atoms with E-state index in [1.165, 1.54) is 11.8 Å². The maximum atomic E-state index is 10.5. The van der Waals surface area contributed by atoms with E-state index in [9.17, 15) is 5.11 Å². The molecule has 0 unspecified atom stereocenters. The van der Waals surface area contributed by atoms with Crippen molar-refractivity contribution in [1.82, 2.24) is 10.2 Å². The van der Waals surface area contributed by atoms with E-state index in [-0.39, 0.29) is 5.75 Å². The number of benzene rings is 2. The van der Waals surface area contributed by atoms with Crippen LogP contribution in [0.15, 0.2) is 78.1 Å². The summed E-state index contributed by atoms with van der Waals surface area (Å²) in [5.74, 6) is 1.82. The lowest BCUT2D eigenvalue weighted by atomic mass is 10.1. The number of ether oxygens (including phenoxy) is 2. The summed E-state index contributed by atoms with van der Waals surface area (Å²) in [6, 6.07) is 13.0. The number of aryl methyl sites for hydroxylation is 1. The number of H-pyrrole nitrogens is 1. The first-order valence-electron chi connectivity index (χ1n) is 9.70. The number of nitrogens with zero attached hydrogens (tertiary/aromatic N) is 2. The molecule has 0 spiro atoms. The number of rotatable bonds is 9. The number of phenols is 1. The highest BCUT2D eigenvalue weighted by molar-refractivity contribution is 5.79. The van der Waals surface area contributed by atoms with Gasteiger partial charge in [0.25, 0.3) is 0 Å². The van der Waals surface area contributed by atoms with Crippen LogP contribution >= 0.6 is 0 Å². The number of hydrogen-bond acceptors (Lipinski definition) is 5. The van der Waals surface area contributed by atoms with E-state index in [0.29, 0.717) is 35.1 Å². The van der Waals surface area contributed by atoms with Crippen molar-refractivity contribution in [2.24, 2.45) is 4.99 Å². The van der Waals surface area contributed by atoms with Crippen molar-refractivity contribution < 1.29 is 14.6 Å². The average molecular weight is 403 g/mol. The van der Waals surface area contributed by atoms with Crippen LogP contribution in [0.1, 0.15) is 19.4 Å². The molecular weight excluding hydrogens is 378 g/mol. The van der Waals surface area contributed by atoms with Crippen LogP contribution in [0.5, 0.6) is 23.0 Å². The average Bonchev–Trinajstić information content (AvgIpc) is 3.22. The second-order valence-electron chi connectivity index (χ2n) is 6.49. The summed E-state index contributed by atoms with van der Waals surface area (Å²) in [7, 11) is 0.